The summed E-state index contributed by atoms with van der Waals surface area (Å²) in [5.74, 6) is 3.05. The van der Waals surface area contributed by atoms with E-state index in [1.165, 1.54) is 0 Å². The van der Waals surface area contributed by atoms with Crippen LogP contribution in [0.3, 0.4) is 0 Å². The fourth-order valence-corrected chi connectivity index (χ4v) is 6.32. The molecule has 1 aromatic heterocycles. The first-order chi connectivity index (χ1) is 13.0. The molecule has 0 radical (unpaired) electrons. The van der Waals surface area contributed by atoms with Gasteiger partial charge >= 0.3 is 0 Å². The number of rotatable bonds is 5. The summed E-state index contributed by atoms with van der Waals surface area (Å²) in [5, 5.41) is 0. The van der Waals surface area contributed by atoms with Gasteiger partial charge in [0, 0.05) is 17.4 Å². The highest BCUT2D eigenvalue weighted by molar-refractivity contribution is 5.94. The van der Waals surface area contributed by atoms with Crippen LogP contribution in [0.1, 0.15) is 49.1 Å². The molecule has 1 amide bonds. The van der Waals surface area contributed by atoms with Gasteiger partial charge in [0.2, 0.25) is 5.91 Å². The Kier molecular flexibility index (Phi) is 3.78. The largest absolute Gasteiger partial charge is 0.453 e. The highest BCUT2D eigenvalue weighted by atomic mass is 16.3. The third-order valence-corrected chi connectivity index (χ3v) is 7.35. The van der Waals surface area contributed by atoms with Crippen molar-refractivity contribution in [3.8, 4) is 11.3 Å². The molecule has 4 bridgehead atoms. The van der Waals surface area contributed by atoms with Crippen molar-refractivity contribution >= 4 is 11.7 Å². The second kappa shape index (κ2) is 6.08. The molecular formula is C23H25NO3. The Morgan fingerprint density at radius 3 is 2.37 bits per heavy atom. The zero-order chi connectivity index (χ0) is 18.6. The highest BCUT2D eigenvalue weighted by Gasteiger charge is 2.57. The van der Waals surface area contributed by atoms with E-state index in [9.17, 15) is 9.59 Å². The van der Waals surface area contributed by atoms with Crippen molar-refractivity contribution in [2.45, 2.75) is 38.5 Å². The zero-order valence-electron chi connectivity index (χ0n) is 15.4. The van der Waals surface area contributed by atoms with E-state index in [0.717, 1.165) is 43.4 Å². The number of ketones is 1. The average molecular weight is 363 g/mol. The number of primary amides is 1. The van der Waals surface area contributed by atoms with Gasteiger partial charge in [-0.25, -0.2) is 0 Å². The van der Waals surface area contributed by atoms with Crippen LogP contribution < -0.4 is 5.73 Å². The number of hydrogen-bond acceptors (Lipinski definition) is 3. The summed E-state index contributed by atoms with van der Waals surface area (Å²) in [6.45, 7) is 0. The Labute approximate surface area is 159 Å². The number of Topliss-reactive ketones (excluding diaryl/α,β-unsaturated/α-hetero) is 1. The summed E-state index contributed by atoms with van der Waals surface area (Å²) in [5.41, 5.74) is 6.46. The van der Waals surface area contributed by atoms with Gasteiger partial charge in [0.1, 0.15) is 5.76 Å². The topological polar surface area (TPSA) is 73.3 Å². The van der Waals surface area contributed by atoms with Crippen molar-refractivity contribution in [3.05, 3.63) is 48.2 Å². The Hall–Kier alpha value is -2.36. The lowest BCUT2D eigenvalue weighted by Crippen LogP contribution is -2.56. The van der Waals surface area contributed by atoms with Crippen LogP contribution in [-0.2, 0) is 4.79 Å². The number of furan rings is 1. The first-order valence-electron chi connectivity index (χ1n) is 10.0. The summed E-state index contributed by atoms with van der Waals surface area (Å²) in [6.07, 6.45) is 5.54. The minimum Gasteiger partial charge on any atom is -0.453 e. The van der Waals surface area contributed by atoms with Gasteiger partial charge in [0.15, 0.2) is 11.5 Å². The first-order valence-corrected chi connectivity index (χ1v) is 10.0. The molecule has 140 valence electrons. The predicted molar refractivity (Wildman–Crippen MR) is 102 cm³/mol. The molecule has 4 fully saturated rings. The molecule has 2 atom stereocenters. The minimum atomic E-state index is -0.290. The van der Waals surface area contributed by atoms with Gasteiger partial charge in [-0.15, -0.1) is 0 Å². The Morgan fingerprint density at radius 1 is 1.00 bits per heavy atom. The van der Waals surface area contributed by atoms with E-state index in [1.807, 2.05) is 36.4 Å². The predicted octanol–water partition coefficient (Wildman–Crippen LogP) is 4.45. The molecule has 2 N–H and O–H groups in total. The molecule has 1 heterocycles. The van der Waals surface area contributed by atoms with E-state index in [1.54, 1.807) is 6.07 Å². The van der Waals surface area contributed by atoms with Gasteiger partial charge in [-0.05, 0) is 67.9 Å². The average Bonchev–Trinajstić information content (AvgIpc) is 3.15. The van der Waals surface area contributed by atoms with Crippen LogP contribution in [0.25, 0.3) is 11.3 Å². The number of amides is 1. The van der Waals surface area contributed by atoms with Crippen molar-refractivity contribution in [1.82, 2.24) is 0 Å². The molecule has 0 aliphatic heterocycles. The van der Waals surface area contributed by atoms with Gasteiger partial charge in [-0.3, -0.25) is 9.59 Å². The van der Waals surface area contributed by atoms with Crippen LogP contribution in [0, 0.1) is 29.1 Å². The van der Waals surface area contributed by atoms with Gasteiger partial charge in [0.25, 0.3) is 0 Å². The summed E-state index contributed by atoms with van der Waals surface area (Å²) in [6, 6.07) is 13.5. The SMILES string of the molecule is NC(=O)C12CC3CC(C1)C(CC(=O)c1ccc(-c4ccccc4)o1)C(C3)C2. The normalized spacial score (nSPS) is 33.9. The molecule has 4 saturated carbocycles. The molecule has 4 nitrogen and oxygen atoms in total. The van der Waals surface area contributed by atoms with E-state index in [2.05, 4.69) is 0 Å². The molecule has 2 aromatic rings. The first kappa shape index (κ1) is 16.8. The summed E-state index contributed by atoms with van der Waals surface area (Å²) >= 11 is 0. The van der Waals surface area contributed by atoms with Crippen LogP contribution in [0.4, 0.5) is 0 Å². The lowest BCUT2D eigenvalue weighted by Gasteiger charge is -2.58. The summed E-state index contributed by atoms with van der Waals surface area (Å²) in [7, 11) is 0. The maximum absolute atomic E-state index is 12.9. The maximum Gasteiger partial charge on any atom is 0.223 e. The van der Waals surface area contributed by atoms with Crippen molar-refractivity contribution in [3.63, 3.8) is 0 Å². The fraction of sp³-hybridized carbons (Fsp3) is 0.478. The lowest BCUT2D eigenvalue weighted by atomic mass is 9.45. The third kappa shape index (κ3) is 2.73. The highest BCUT2D eigenvalue weighted by Crippen LogP contribution is 2.62. The van der Waals surface area contributed by atoms with E-state index in [4.69, 9.17) is 10.2 Å². The molecule has 1 aromatic carbocycles. The van der Waals surface area contributed by atoms with E-state index >= 15 is 0 Å². The lowest BCUT2D eigenvalue weighted by molar-refractivity contribution is -0.149. The second-order valence-electron chi connectivity index (χ2n) is 8.94. The van der Waals surface area contributed by atoms with Crippen LogP contribution in [0.15, 0.2) is 46.9 Å². The number of carbonyl (C=O) groups excluding carboxylic acids is 2. The number of carbonyl (C=O) groups is 2. The smallest absolute Gasteiger partial charge is 0.223 e. The van der Waals surface area contributed by atoms with E-state index < -0.39 is 0 Å². The molecule has 27 heavy (non-hydrogen) atoms. The van der Waals surface area contributed by atoms with Gasteiger partial charge < -0.3 is 10.2 Å². The Bertz CT molecular complexity index is 868. The molecule has 2 unspecified atom stereocenters. The summed E-state index contributed by atoms with van der Waals surface area (Å²) < 4.78 is 5.86. The van der Waals surface area contributed by atoms with Crippen molar-refractivity contribution in [1.29, 1.82) is 0 Å². The third-order valence-electron chi connectivity index (χ3n) is 7.35. The van der Waals surface area contributed by atoms with Crippen molar-refractivity contribution < 1.29 is 14.0 Å². The Balaban J connectivity index is 1.33. The molecular weight excluding hydrogens is 338 g/mol. The van der Waals surface area contributed by atoms with Gasteiger partial charge in [-0.2, -0.15) is 0 Å². The number of benzene rings is 1. The standard InChI is InChI=1S/C23H25NO3/c24-22(26)23-11-14-8-16(12-23)18(17(9-14)13-23)10-19(25)21-7-6-20(27-21)15-4-2-1-3-5-15/h1-7,14,16-18H,8-13H2,(H2,24,26). The molecule has 4 aliphatic carbocycles. The monoisotopic (exact) mass is 363 g/mol. The van der Waals surface area contributed by atoms with Crippen LogP contribution in [0.2, 0.25) is 0 Å². The molecule has 6 rings (SSSR count). The van der Waals surface area contributed by atoms with Gasteiger partial charge in [-0.1, -0.05) is 30.3 Å². The number of hydrogen-bond donors (Lipinski definition) is 1. The van der Waals surface area contributed by atoms with Crippen LogP contribution >= 0.6 is 0 Å². The van der Waals surface area contributed by atoms with Crippen LogP contribution in [-0.4, -0.2) is 11.7 Å². The molecule has 0 spiro atoms. The Morgan fingerprint density at radius 2 is 1.70 bits per heavy atom. The van der Waals surface area contributed by atoms with Crippen LogP contribution in [0.5, 0.6) is 0 Å². The maximum atomic E-state index is 12.9. The minimum absolute atomic E-state index is 0.0859. The second-order valence-corrected chi connectivity index (χ2v) is 8.94. The number of nitrogens with two attached hydrogens (primary N) is 1. The van der Waals surface area contributed by atoms with E-state index in [0.29, 0.717) is 35.9 Å². The molecule has 4 heteroatoms. The zero-order valence-corrected chi connectivity index (χ0v) is 15.4. The molecule has 0 saturated heterocycles. The van der Waals surface area contributed by atoms with Crippen molar-refractivity contribution in [2.75, 3.05) is 0 Å². The fourth-order valence-electron chi connectivity index (χ4n) is 6.32. The molecule has 4 aliphatic rings. The quantitative estimate of drug-likeness (QED) is 0.798. The van der Waals surface area contributed by atoms with Crippen molar-refractivity contribution in [2.24, 2.45) is 34.8 Å². The van der Waals surface area contributed by atoms with E-state index in [-0.39, 0.29) is 17.1 Å². The van der Waals surface area contributed by atoms with Gasteiger partial charge in [0.05, 0.1) is 0 Å². The summed E-state index contributed by atoms with van der Waals surface area (Å²) in [4.78, 5) is 25.0.